The van der Waals surface area contributed by atoms with E-state index in [9.17, 15) is 4.79 Å². The van der Waals surface area contributed by atoms with Gasteiger partial charge in [-0.1, -0.05) is 30.3 Å². The Morgan fingerprint density at radius 3 is 3.08 bits per heavy atom. The van der Waals surface area contributed by atoms with Crippen LogP contribution in [0.3, 0.4) is 0 Å². The SMILES string of the molecule is O=C(NC1CCOCC1OCc1ccccc1)c1n[nH]c2c1CCC2. The summed E-state index contributed by atoms with van der Waals surface area (Å²) in [5.74, 6) is -0.111. The minimum Gasteiger partial charge on any atom is -0.379 e. The number of ether oxygens (including phenoxy) is 2. The third-order valence-corrected chi connectivity index (χ3v) is 4.95. The Balaban J connectivity index is 1.39. The van der Waals surface area contributed by atoms with Gasteiger partial charge in [0.05, 0.1) is 19.3 Å². The van der Waals surface area contributed by atoms with Crippen LogP contribution in [0.25, 0.3) is 0 Å². The van der Waals surface area contributed by atoms with Crippen molar-refractivity contribution in [3.8, 4) is 0 Å². The molecule has 25 heavy (non-hydrogen) atoms. The Hall–Kier alpha value is -2.18. The fourth-order valence-electron chi connectivity index (χ4n) is 3.56. The molecule has 1 aromatic heterocycles. The number of rotatable bonds is 5. The van der Waals surface area contributed by atoms with E-state index in [-0.39, 0.29) is 18.1 Å². The fraction of sp³-hybridized carbons (Fsp3) is 0.474. The van der Waals surface area contributed by atoms with Crippen molar-refractivity contribution in [2.75, 3.05) is 13.2 Å². The predicted molar refractivity (Wildman–Crippen MR) is 92.3 cm³/mol. The third kappa shape index (κ3) is 3.60. The van der Waals surface area contributed by atoms with Crippen molar-refractivity contribution >= 4 is 5.91 Å². The summed E-state index contributed by atoms with van der Waals surface area (Å²) in [5.41, 5.74) is 3.84. The number of benzene rings is 1. The van der Waals surface area contributed by atoms with Crippen LogP contribution in [0.5, 0.6) is 0 Å². The van der Waals surface area contributed by atoms with Crippen LogP contribution in [-0.2, 0) is 28.9 Å². The van der Waals surface area contributed by atoms with Gasteiger partial charge in [0, 0.05) is 17.9 Å². The largest absolute Gasteiger partial charge is 0.379 e. The molecule has 2 N–H and O–H groups in total. The summed E-state index contributed by atoms with van der Waals surface area (Å²) >= 11 is 0. The Labute approximate surface area is 146 Å². The van der Waals surface area contributed by atoms with Crippen molar-refractivity contribution in [2.45, 2.75) is 44.4 Å². The average Bonchev–Trinajstić information content (AvgIpc) is 3.25. The second kappa shape index (κ2) is 7.37. The van der Waals surface area contributed by atoms with Crippen LogP contribution < -0.4 is 5.32 Å². The van der Waals surface area contributed by atoms with Gasteiger partial charge in [-0.3, -0.25) is 9.89 Å². The zero-order chi connectivity index (χ0) is 17.1. The number of aromatic nitrogens is 2. The lowest BCUT2D eigenvalue weighted by molar-refractivity contribution is -0.0736. The van der Waals surface area contributed by atoms with E-state index in [1.165, 1.54) is 0 Å². The number of fused-ring (bicyclic) bond motifs is 1. The van der Waals surface area contributed by atoms with Crippen molar-refractivity contribution < 1.29 is 14.3 Å². The lowest BCUT2D eigenvalue weighted by Crippen LogP contribution is -2.50. The minimum absolute atomic E-state index is 0.0567. The first-order valence-corrected chi connectivity index (χ1v) is 8.91. The van der Waals surface area contributed by atoms with E-state index in [4.69, 9.17) is 9.47 Å². The zero-order valence-corrected chi connectivity index (χ0v) is 14.2. The summed E-state index contributed by atoms with van der Waals surface area (Å²) in [5, 5.41) is 10.3. The summed E-state index contributed by atoms with van der Waals surface area (Å²) < 4.78 is 11.6. The monoisotopic (exact) mass is 341 g/mol. The zero-order valence-electron chi connectivity index (χ0n) is 14.2. The number of hydrogen-bond donors (Lipinski definition) is 2. The fourth-order valence-corrected chi connectivity index (χ4v) is 3.56. The molecule has 0 bridgehead atoms. The molecule has 2 aliphatic rings. The van der Waals surface area contributed by atoms with Crippen LogP contribution in [0.15, 0.2) is 30.3 Å². The molecule has 1 aliphatic carbocycles. The molecule has 1 aliphatic heterocycles. The molecule has 6 heteroatoms. The summed E-state index contributed by atoms with van der Waals surface area (Å²) in [6, 6.07) is 9.98. The lowest BCUT2D eigenvalue weighted by atomic mass is 10.1. The van der Waals surface area contributed by atoms with Gasteiger partial charge in [-0.05, 0) is 31.2 Å². The van der Waals surface area contributed by atoms with Crippen LogP contribution in [0, 0.1) is 0 Å². The summed E-state index contributed by atoms with van der Waals surface area (Å²) in [7, 11) is 0. The Morgan fingerprint density at radius 2 is 2.20 bits per heavy atom. The highest BCUT2D eigenvalue weighted by Crippen LogP contribution is 2.23. The first-order chi connectivity index (χ1) is 12.3. The van der Waals surface area contributed by atoms with Gasteiger partial charge in [0.25, 0.3) is 5.91 Å². The third-order valence-electron chi connectivity index (χ3n) is 4.95. The van der Waals surface area contributed by atoms with E-state index < -0.39 is 0 Å². The number of aromatic amines is 1. The molecule has 1 aromatic carbocycles. The normalized spacial score (nSPS) is 22.6. The van der Waals surface area contributed by atoms with Gasteiger partial charge in [-0.2, -0.15) is 5.10 Å². The quantitative estimate of drug-likeness (QED) is 0.872. The number of carbonyl (C=O) groups is 1. The van der Waals surface area contributed by atoms with E-state index in [1.807, 2.05) is 30.3 Å². The van der Waals surface area contributed by atoms with Gasteiger partial charge in [-0.15, -0.1) is 0 Å². The van der Waals surface area contributed by atoms with Crippen molar-refractivity contribution in [3.63, 3.8) is 0 Å². The maximum atomic E-state index is 12.7. The molecule has 4 rings (SSSR count). The Bertz CT molecular complexity index is 729. The first-order valence-electron chi connectivity index (χ1n) is 8.91. The summed E-state index contributed by atoms with van der Waals surface area (Å²) in [6.07, 6.45) is 3.60. The highest BCUT2D eigenvalue weighted by molar-refractivity contribution is 5.94. The van der Waals surface area contributed by atoms with E-state index in [2.05, 4.69) is 15.5 Å². The van der Waals surface area contributed by atoms with Crippen molar-refractivity contribution in [1.29, 1.82) is 0 Å². The number of nitrogens with zero attached hydrogens (tertiary/aromatic N) is 1. The van der Waals surface area contributed by atoms with Gasteiger partial charge >= 0.3 is 0 Å². The first kappa shape index (κ1) is 16.3. The van der Waals surface area contributed by atoms with Crippen LogP contribution in [0.2, 0.25) is 0 Å². The highest BCUT2D eigenvalue weighted by atomic mass is 16.5. The van der Waals surface area contributed by atoms with Crippen LogP contribution in [0.1, 0.15) is 40.2 Å². The molecular weight excluding hydrogens is 318 g/mol. The lowest BCUT2D eigenvalue weighted by Gasteiger charge is -2.32. The number of H-pyrrole nitrogens is 1. The molecule has 2 heterocycles. The van der Waals surface area contributed by atoms with E-state index >= 15 is 0 Å². The van der Waals surface area contributed by atoms with Crippen molar-refractivity contribution in [2.24, 2.45) is 0 Å². The second-order valence-electron chi connectivity index (χ2n) is 6.66. The van der Waals surface area contributed by atoms with E-state index in [0.29, 0.717) is 25.5 Å². The minimum atomic E-state index is -0.148. The molecular formula is C19H23N3O3. The van der Waals surface area contributed by atoms with Gasteiger partial charge in [-0.25, -0.2) is 0 Å². The number of nitrogens with one attached hydrogen (secondary N) is 2. The molecule has 0 spiro atoms. The molecule has 2 unspecified atom stereocenters. The predicted octanol–water partition coefficient (Wildman–Crippen LogP) is 2.00. The second-order valence-corrected chi connectivity index (χ2v) is 6.66. The van der Waals surface area contributed by atoms with E-state index in [1.54, 1.807) is 0 Å². The topological polar surface area (TPSA) is 76.2 Å². The van der Waals surface area contributed by atoms with Crippen molar-refractivity contribution in [3.05, 3.63) is 52.8 Å². The molecule has 2 atom stereocenters. The molecule has 1 saturated heterocycles. The van der Waals surface area contributed by atoms with Crippen LogP contribution in [0.4, 0.5) is 0 Å². The van der Waals surface area contributed by atoms with Gasteiger partial charge < -0.3 is 14.8 Å². The van der Waals surface area contributed by atoms with Crippen LogP contribution in [-0.4, -0.2) is 41.5 Å². The van der Waals surface area contributed by atoms with Gasteiger partial charge in [0.15, 0.2) is 5.69 Å². The molecule has 132 valence electrons. The summed E-state index contributed by atoms with van der Waals surface area (Å²) in [6.45, 7) is 1.64. The van der Waals surface area contributed by atoms with Gasteiger partial charge in [0.1, 0.15) is 6.10 Å². The van der Waals surface area contributed by atoms with Crippen molar-refractivity contribution in [1.82, 2.24) is 15.5 Å². The highest BCUT2D eigenvalue weighted by Gasteiger charge is 2.30. The summed E-state index contributed by atoms with van der Waals surface area (Å²) in [4.78, 5) is 12.7. The van der Waals surface area contributed by atoms with E-state index in [0.717, 1.165) is 42.5 Å². The number of amides is 1. The van der Waals surface area contributed by atoms with Gasteiger partial charge in [0.2, 0.25) is 0 Å². The molecule has 1 fully saturated rings. The molecule has 0 radical (unpaired) electrons. The number of carbonyl (C=O) groups excluding carboxylic acids is 1. The number of aryl methyl sites for hydroxylation is 1. The average molecular weight is 341 g/mol. The Kier molecular flexibility index (Phi) is 4.81. The number of hydrogen-bond acceptors (Lipinski definition) is 4. The maximum Gasteiger partial charge on any atom is 0.272 e. The molecule has 6 nitrogen and oxygen atoms in total. The standard InChI is InChI=1S/C19H23N3O3/c23-19(18-14-7-4-8-15(14)21-22-18)20-16-9-10-24-12-17(16)25-11-13-5-2-1-3-6-13/h1-3,5-6,16-17H,4,7-12H2,(H,20,23)(H,21,22). The maximum absolute atomic E-state index is 12.7. The Morgan fingerprint density at radius 1 is 1.32 bits per heavy atom. The molecule has 1 amide bonds. The molecule has 0 saturated carbocycles. The van der Waals surface area contributed by atoms with Crippen LogP contribution >= 0.6 is 0 Å². The molecule has 2 aromatic rings. The smallest absolute Gasteiger partial charge is 0.272 e.